The van der Waals surface area contributed by atoms with Gasteiger partial charge in [0, 0.05) is 33.2 Å². The maximum atomic E-state index is 12.7. The Morgan fingerprint density at radius 3 is 2.65 bits per heavy atom. The second-order valence-corrected chi connectivity index (χ2v) is 5.50. The molecule has 2 nitrogen and oxygen atoms in total. The smallest absolute Gasteiger partial charge is 0.195 e. The molecule has 1 N–H and O–H groups in total. The molecule has 1 aromatic heterocycles. The number of ketones is 1. The summed E-state index contributed by atoms with van der Waals surface area (Å²) in [4.78, 5) is 15.8. The summed E-state index contributed by atoms with van der Waals surface area (Å²) in [5, 5.41) is 1.95. The fraction of sp³-hybridized carbons (Fsp3) is 0.0625. The third-order valence-corrected chi connectivity index (χ3v) is 3.88. The molecular weight excluding hydrogens is 293 g/mol. The molecular formula is C16H11Cl2NO. The van der Waals surface area contributed by atoms with Gasteiger partial charge in [0.2, 0.25) is 0 Å². The van der Waals surface area contributed by atoms with E-state index in [1.807, 2.05) is 19.1 Å². The highest BCUT2D eigenvalue weighted by Crippen LogP contribution is 2.29. The predicted molar refractivity (Wildman–Crippen MR) is 82.9 cm³/mol. The number of rotatable bonds is 2. The van der Waals surface area contributed by atoms with Gasteiger partial charge in [0.15, 0.2) is 5.78 Å². The zero-order chi connectivity index (χ0) is 14.3. The summed E-state index contributed by atoms with van der Waals surface area (Å²) in [5.74, 6) is -0.0569. The first-order valence-corrected chi connectivity index (χ1v) is 6.90. The molecule has 0 atom stereocenters. The maximum absolute atomic E-state index is 12.7. The number of carbonyl (C=O) groups excluding carboxylic acids is 1. The van der Waals surface area contributed by atoms with Crippen LogP contribution in [0, 0.1) is 6.92 Å². The molecule has 0 aliphatic rings. The van der Waals surface area contributed by atoms with Crippen molar-refractivity contribution in [1.82, 2.24) is 4.98 Å². The van der Waals surface area contributed by atoms with Crippen molar-refractivity contribution in [3.8, 4) is 0 Å². The maximum Gasteiger partial charge on any atom is 0.195 e. The van der Waals surface area contributed by atoms with E-state index in [4.69, 9.17) is 23.2 Å². The van der Waals surface area contributed by atoms with E-state index in [0.717, 1.165) is 16.5 Å². The largest absolute Gasteiger partial charge is 0.360 e. The monoisotopic (exact) mass is 303 g/mol. The van der Waals surface area contributed by atoms with Crippen LogP contribution in [0.3, 0.4) is 0 Å². The van der Waals surface area contributed by atoms with Crippen LogP contribution < -0.4 is 0 Å². The van der Waals surface area contributed by atoms with Gasteiger partial charge in [-0.3, -0.25) is 4.79 Å². The van der Waals surface area contributed by atoms with Crippen molar-refractivity contribution in [2.24, 2.45) is 0 Å². The second kappa shape index (κ2) is 4.97. The fourth-order valence-electron chi connectivity index (χ4n) is 2.35. The Hall–Kier alpha value is -1.77. The lowest BCUT2D eigenvalue weighted by molar-refractivity contribution is 0.104. The summed E-state index contributed by atoms with van der Waals surface area (Å²) >= 11 is 12.1. The number of aromatic amines is 1. The summed E-state index contributed by atoms with van der Waals surface area (Å²) < 4.78 is 0. The number of nitrogens with one attached hydrogen (secondary N) is 1. The number of aryl methyl sites for hydroxylation is 1. The fourth-order valence-corrected chi connectivity index (χ4v) is 2.85. The molecule has 0 saturated carbocycles. The quantitative estimate of drug-likeness (QED) is 0.663. The molecule has 4 heteroatoms. The Morgan fingerprint density at radius 2 is 1.90 bits per heavy atom. The molecule has 0 saturated heterocycles. The van der Waals surface area contributed by atoms with Crippen LogP contribution in [0.5, 0.6) is 0 Å². The van der Waals surface area contributed by atoms with Crippen LogP contribution in [0.15, 0.2) is 42.6 Å². The summed E-state index contributed by atoms with van der Waals surface area (Å²) in [6, 6.07) is 10.8. The van der Waals surface area contributed by atoms with Gasteiger partial charge in [0.25, 0.3) is 0 Å². The van der Waals surface area contributed by atoms with Crippen molar-refractivity contribution >= 4 is 39.9 Å². The highest BCUT2D eigenvalue weighted by atomic mass is 35.5. The van der Waals surface area contributed by atoms with Crippen LogP contribution in [-0.4, -0.2) is 10.8 Å². The van der Waals surface area contributed by atoms with E-state index in [9.17, 15) is 4.79 Å². The number of hydrogen-bond donors (Lipinski definition) is 1. The van der Waals surface area contributed by atoms with Crippen LogP contribution in [0.25, 0.3) is 10.9 Å². The Morgan fingerprint density at radius 1 is 1.10 bits per heavy atom. The third-order valence-electron chi connectivity index (χ3n) is 3.33. The summed E-state index contributed by atoms with van der Waals surface area (Å²) in [6.45, 7) is 1.87. The number of halogens is 2. The first kappa shape index (κ1) is 13.2. The molecule has 3 aromatic rings. The van der Waals surface area contributed by atoms with E-state index in [0.29, 0.717) is 21.2 Å². The first-order valence-electron chi connectivity index (χ1n) is 6.14. The van der Waals surface area contributed by atoms with Gasteiger partial charge in [-0.25, -0.2) is 0 Å². The van der Waals surface area contributed by atoms with Gasteiger partial charge < -0.3 is 4.98 Å². The number of H-pyrrole nitrogens is 1. The van der Waals surface area contributed by atoms with Gasteiger partial charge in [-0.15, -0.1) is 0 Å². The minimum atomic E-state index is -0.0569. The minimum absolute atomic E-state index is 0.0569. The van der Waals surface area contributed by atoms with Crippen molar-refractivity contribution in [2.75, 3.05) is 0 Å². The molecule has 0 unspecified atom stereocenters. The molecule has 2 aromatic carbocycles. The normalized spacial score (nSPS) is 10.9. The number of aromatic nitrogens is 1. The van der Waals surface area contributed by atoms with Crippen LogP contribution in [-0.2, 0) is 0 Å². The van der Waals surface area contributed by atoms with E-state index in [-0.39, 0.29) is 5.78 Å². The van der Waals surface area contributed by atoms with Gasteiger partial charge in [-0.1, -0.05) is 29.3 Å². The number of fused-ring (bicyclic) bond motifs is 1. The Balaban J connectivity index is 2.18. The number of benzene rings is 2. The molecule has 1 heterocycles. The molecule has 0 radical (unpaired) electrons. The molecule has 0 aliphatic carbocycles. The van der Waals surface area contributed by atoms with Crippen molar-refractivity contribution in [3.63, 3.8) is 0 Å². The molecule has 100 valence electrons. The summed E-state index contributed by atoms with van der Waals surface area (Å²) in [5.41, 5.74) is 2.92. The van der Waals surface area contributed by atoms with E-state index in [1.54, 1.807) is 30.5 Å². The Bertz CT molecular complexity index is 820. The highest BCUT2D eigenvalue weighted by Gasteiger charge is 2.17. The van der Waals surface area contributed by atoms with E-state index in [1.165, 1.54) is 0 Å². The van der Waals surface area contributed by atoms with Crippen LogP contribution >= 0.6 is 23.2 Å². The average Bonchev–Trinajstić information content (AvgIpc) is 2.83. The lowest BCUT2D eigenvalue weighted by Crippen LogP contribution is -2.03. The van der Waals surface area contributed by atoms with Crippen LogP contribution in [0.1, 0.15) is 21.5 Å². The lowest BCUT2D eigenvalue weighted by atomic mass is 9.99. The van der Waals surface area contributed by atoms with E-state index < -0.39 is 0 Å². The topological polar surface area (TPSA) is 32.9 Å². The van der Waals surface area contributed by atoms with Gasteiger partial charge in [0.1, 0.15) is 0 Å². The van der Waals surface area contributed by atoms with Gasteiger partial charge >= 0.3 is 0 Å². The van der Waals surface area contributed by atoms with Crippen molar-refractivity contribution < 1.29 is 4.79 Å². The molecule has 3 rings (SSSR count). The van der Waals surface area contributed by atoms with Crippen molar-refractivity contribution in [2.45, 2.75) is 6.92 Å². The number of carbonyl (C=O) groups is 1. The van der Waals surface area contributed by atoms with Crippen molar-refractivity contribution in [1.29, 1.82) is 0 Å². The SMILES string of the molecule is Cc1cc(Cl)ccc1C(=O)c1c[nH]c2cccc(Cl)c12. The van der Waals surface area contributed by atoms with E-state index >= 15 is 0 Å². The van der Waals surface area contributed by atoms with Crippen LogP contribution in [0.2, 0.25) is 10.0 Å². The van der Waals surface area contributed by atoms with Gasteiger partial charge in [-0.05, 0) is 42.8 Å². The molecule has 0 amide bonds. The standard InChI is InChI=1S/C16H11Cl2NO/c1-9-7-10(17)5-6-11(9)16(20)12-8-19-14-4-2-3-13(18)15(12)14/h2-8,19H,1H3. The molecule has 20 heavy (non-hydrogen) atoms. The molecule has 0 spiro atoms. The summed E-state index contributed by atoms with van der Waals surface area (Å²) in [7, 11) is 0. The Labute approximate surface area is 126 Å². The zero-order valence-corrected chi connectivity index (χ0v) is 12.2. The van der Waals surface area contributed by atoms with E-state index in [2.05, 4.69) is 4.98 Å². The molecule has 0 aliphatic heterocycles. The minimum Gasteiger partial charge on any atom is -0.360 e. The first-order chi connectivity index (χ1) is 9.58. The van der Waals surface area contributed by atoms with Crippen LogP contribution in [0.4, 0.5) is 0 Å². The zero-order valence-electron chi connectivity index (χ0n) is 10.7. The second-order valence-electron chi connectivity index (χ2n) is 4.65. The average molecular weight is 304 g/mol. The van der Waals surface area contributed by atoms with Gasteiger partial charge in [0.05, 0.1) is 5.02 Å². The Kier molecular flexibility index (Phi) is 3.28. The number of hydrogen-bond acceptors (Lipinski definition) is 1. The lowest BCUT2D eigenvalue weighted by Gasteiger charge is -2.05. The molecule has 0 bridgehead atoms. The van der Waals surface area contributed by atoms with Gasteiger partial charge in [-0.2, -0.15) is 0 Å². The highest BCUT2D eigenvalue weighted by molar-refractivity contribution is 6.37. The third kappa shape index (κ3) is 2.11. The molecule has 0 fully saturated rings. The predicted octanol–water partition coefficient (Wildman–Crippen LogP) is 5.01. The summed E-state index contributed by atoms with van der Waals surface area (Å²) in [6.07, 6.45) is 1.70. The van der Waals surface area contributed by atoms with Crippen molar-refractivity contribution in [3.05, 3.63) is 69.3 Å².